The molecule has 0 saturated heterocycles. The van der Waals surface area contributed by atoms with Crippen LogP contribution in [0.4, 0.5) is 0 Å². The average molecular weight is 208 g/mol. The first kappa shape index (κ1) is 10.7. The molecule has 15 heavy (non-hydrogen) atoms. The molecule has 1 aliphatic carbocycles. The standard InChI is InChI=1S/C13H20O2/c1-4-6-13(3)7-5-10-9(2)12(14)15-11(10)8-13/h11H,4-8H2,1-3H3. The van der Waals surface area contributed by atoms with Crippen molar-refractivity contribution in [2.45, 2.75) is 59.0 Å². The zero-order valence-electron chi connectivity index (χ0n) is 9.93. The molecule has 2 aliphatic rings. The molecule has 1 fully saturated rings. The van der Waals surface area contributed by atoms with Gasteiger partial charge >= 0.3 is 5.97 Å². The maximum atomic E-state index is 11.4. The summed E-state index contributed by atoms with van der Waals surface area (Å²) < 4.78 is 5.41. The van der Waals surface area contributed by atoms with E-state index in [1.165, 1.54) is 24.8 Å². The van der Waals surface area contributed by atoms with Crippen molar-refractivity contribution in [2.75, 3.05) is 0 Å². The van der Waals surface area contributed by atoms with E-state index in [1.54, 1.807) is 0 Å². The third kappa shape index (κ3) is 1.82. The molecule has 2 heteroatoms. The van der Waals surface area contributed by atoms with E-state index in [0.29, 0.717) is 5.41 Å². The molecule has 0 radical (unpaired) electrons. The van der Waals surface area contributed by atoms with Crippen molar-refractivity contribution in [3.8, 4) is 0 Å². The molecule has 2 rings (SSSR count). The van der Waals surface area contributed by atoms with Crippen molar-refractivity contribution in [2.24, 2.45) is 5.41 Å². The predicted octanol–water partition coefficient (Wildman–Crippen LogP) is 3.22. The van der Waals surface area contributed by atoms with Gasteiger partial charge in [0.15, 0.2) is 0 Å². The summed E-state index contributed by atoms with van der Waals surface area (Å²) >= 11 is 0. The number of hydrogen-bond acceptors (Lipinski definition) is 2. The molecule has 1 heterocycles. The van der Waals surface area contributed by atoms with Crippen LogP contribution in [0.5, 0.6) is 0 Å². The summed E-state index contributed by atoms with van der Waals surface area (Å²) in [4.78, 5) is 11.4. The number of ether oxygens (including phenoxy) is 1. The Labute approximate surface area is 91.7 Å². The number of esters is 1. The molecule has 0 N–H and O–H groups in total. The van der Waals surface area contributed by atoms with Crippen LogP contribution < -0.4 is 0 Å². The van der Waals surface area contributed by atoms with Gasteiger partial charge in [-0.05, 0) is 43.6 Å². The quantitative estimate of drug-likeness (QED) is 0.651. The minimum atomic E-state index is -0.0873. The zero-order chi connectivity index (χ0) is 11.1. The van der Waals surface area contributed by atoms with Gasteiger partial charge in [-0.3, -0.25) is 0 Å². The Hall–Kier alpha value is -0.790. The first-order valence-electron chi connectivity index (χ1n) is 5.96. The van der Waals surface area contributed by atoms with Gasteiger partial charge in [0.2, 0.25) is 0 Å². The molecule has 1 aliphatic heterocycles. The van der Waals surface area contributed by atoms with Gasteiger partial charge in [0, 0.05) is 5.57 Å². The fraction of sp³-hybridized carbons (Fsp3) is 0.769. The molecule has 2 unspecified atom stereocenters. The Bertz CT molecular complexity index is 316. The number of carbonyl (C=O) groups is 1. The maximum absolute atomic E-state index is 11.4. The highest BCUT2D eigenvalue weighted by atomic mass is 16.5. The highest BCUT2D eigenvalue weighted by molar-refractivity contribution is 5.91. The van der Waals surface area contributed by atoms with Crippen LogP contribution in [0.25, 0.3) is 0 Å². The fourth-order valence-electron chi connectivity index (χ4n) is 2.99. The van der Waals surface area contributed by atoms with Crippen LogP contribution in [0.15, 0.2) is 11.1 Å². The van der Waals surface area contributed by atoms with Crippen LogP contribution in [0, 0.1) is 5.41 Å². The zero-order valence-corrected chi connectivity index (χ0v) is 9.93. The lowest BCUT2D eigenvalue weighted by atomic mass is 9.70. The Kier molecular flexibility index (Phi) is 2.61. The molecular formula is C13H20O2. The second-order valence-corrected chi connectivity index (χ2v) is 5.31. The van der Waals surface area contributed by atoms with Crippen molar-refractivity contribution in [3.63, 3.8) is 0 Å². The van der Waals surface area contributed by atoms with Crippen LogP contribution >= 0.6 is 0 Å². The predicted molar refractivity (Wildman–Crippen MR) is 59.4 cm³/mol. The highest BCUT2D eigenvalue weighted by Crippen LogP contribution is 2.46. The lowest BCUT2D eigenvalue weighted by molar-refractivity contribution is -0.141. The summed E-state index contributed by atoms with van der Waals surface area (Å²) in [5.41, 5.74) is 2.53. The maximum Gasteiger partial charge on any atom is 0.334 e. The number of carbonyl (C=O) groups excluding carboxylic acids is 1. The van der Waals surface area contributed by atoms with Gasteiger partial charge < -0.3 is 4.74 Å². The van der Waals surface area contributed by atoms with Gasteiger partial charge in [-0.15, -0.1) is 0 Å². The minimum Gasteiger partial charge on any atom is -0.454 e. The van der Waals surface area contributed by atoms with E-state index in [2.05, 4.69) is 13.8 Å². The second-order valence-electron chi connectivity index (χ2n) is 5.31. The van der Waals surface area contributed by atoms with Crippen LogP contribution in [-0.4, -0.2) is 12.1 Å². The van der Waals surface area contributed by atoms with Crippen molar-refractivity contribution < 1.29 is 9.53 Å². The molecule has 0 spiro atoms. The molecule has 84 valence electrons. The highest BCUT2D eigenvalue weighted by Gasteiger charge is 2.41. The van der Waals surface area contributed by atoms with E-state index < -0.39 is 0 Å². The van der Waals surface area contributed by atoms with Crippen molar-refractivity contribution in [3.05, 3.63) is 11.1 Å². The van der Waals surface area contributed by atoms with Crippen molar-refractivity contribution >= 4 is 5.97 Å². The summed E-state index contributed by atoms with van der Waals surface area (Å²) in [7, 11) is 0. The van der Waals surface area contributed by atoms with E-state index >= 15 is 0 Å². The summed E-state index contributed by atoms with van der Waals surface area (Å²) in [6, 6.07) is 0. The molecule has 2 atom stereocenters. The normalized spacial score (nSPS) is 35.4. The molecule has 1 saturated carbocycles. The minimum absolute atomic E-state index is 0.0873. The molecule has 2 nitrogen and oxygen atoms in total. The first-order chi connectivity index (χ1) is 7.06. The van der Waals surface area contributed by atoms with Gasteiger partial charge in [-0.2, -0.15) is 0 Å². The Morgan fingerprint density at radius 3 is 2.93 bits per heavy atom. The van der Waals surface area contributed by atoms with Crippen LogP contribution in [0.3, 0.4) is 0 Å². The van der Waals surface area contributed by atoms with Gasteiger partial charge in [0.1, 0.15) is 6.10 Å². The average Bonchev–Trinajstić information content (AvgIpc) is 2.42. The number of fused-ring (bicyclic) bond motifs is 1. The van der Waals surface area contributed by atoms with Gasteiger partial charge in [-0.25, -0.2) is 4.79 Å². The van der Waals surface area contributed by atoms with Gasteiger partial charge in [0.05, 0.1) is 0 Å². The summed E-state index contributed by atoms with van der Waals surface area (Å²) in [5, 5.41) is 0. The Morgan fingerprint density at radius 1 is 1.53 bits per heavy atom. The molecule has 0 amide bonds. The van der Waals surface area contributed by atoms with E-state index in [4.69, 9.17) is 4.74 Å². The van der Waals surface area contributed by atoms with E-state index in [1.807, 2.05) is 6.92 Å². The summed E-state index contributed by atoms with van der Waals surface area (Å²) in [6.07, 6.45) is 5.85. The Balaban J connectivity index is 2.13. The van der Waals surface area contributed by atoms with E-state index in [-0.39, 0.29) is 12.1 Å². The molecule has 0 bridgehead atoms. The van der Waals surface area contributed by atoms with Gasteiger partial charge in [-0.1, -0.05) is 20.3 Å². The molecule has 0 aromatic carbocycles. The number of hydrogen-bond donors (Lipinski definition) is 0. The van der Waals surface area contributed by atoms with Crippen LogP contribution in [0.2, 0.25) is 0 Å². The third-order valence-corrected chi connectivity index (χ3v) is 3.96. The monoisotopic (exact) mass is 208 g/mol. The lowest BCUT2D eigenvalue weighted by Crippen LogP contribution is -2.30. The first-order valence-corrected chi connectivity index (χ1v) is 5.96. The SMILES string of the molecule is CCCC1(C)CCC2=C(C)C(=O)OC2C1. The topological polar surface area (TPSA) is 26.3 Å². The van der Waals surface area contributed by atoms with Gasteiger partial charge in [0.25, 0.3) is 0 Å². The largest absolute Gasteiger partial charge is 0.454 e. The molecular weight excluding hydrogens is 188 g/mol. The summed E-state index contributed by atoms with van der Waals surface area (Å²) in [6.45, 7) is 6.46. The summed E-state index contributed by atoms with van der Waals surface area (Å²) in [5.74, 6) is -0.0873. The smallest absolute Gasteiger partial charge is 0.334 e. The second kappa shape index (κ2) is 3.66. The van der Waals surface area contributed by atoms with Crippen molar-refractivity contribution in [1.82, 2.24) is 0 Å². The van der Waals surface area contributed by atoms with E-state index in [9.17, 15) is 4.79 Å². The van der Waals surface area contributed by atoms with E-state index in [0.717, 1.165) is 18.4 Å². The lowest BCUT2D eigenvalue weighted by Gasteiger charge is -2.37. The van der Waals surface area contributed by atoms with Crippen LogP contribution in [-0.2, 0) is 9.53 Å². The van der Waals surface area contributed by atoms with Crippen LogP contribution in [0.1, 0.15) is 52.9 Å². The Morgan fingerprint density at radius 2 is 2.27 bits per heavy atom. The fourth-order valence-corrected chi connectivity index (χ4v) is 2.99. The number of rotatable bonds is 2. The molecule has 0 aromatic rings. The molecule has 0 aromatic heterocycles. The third-order valence-electron chi connectivity index (χ3n) is 3.96. The van der Waals surface area contributed by atoms with Crippen molar-refractivity contribution in [1.29, 1.82) is 0 Å².